The summed E-state index contributed by atoms with van der Waals surface area (Å²) in [6, 6.07) is -0.0593. The fraction of sp³-hybridized carbons (Fsp3) is 0.529. The monoisotopic (exact) mass is 366 g/mol. The quantitative estimate of drug-likeness (QED) is 0.698. The van der Waals surface area contributed by atoms with Crippen molar-refractivity contribution in [1.82, 2.24) is 9.55 Å². The van der Waals surface area contributed by atoms with Crippen molar-refractivity contribution in [3.63, 3.8) is 0 Å². The van der Waals surface area contributed by atoms with Crippen molar-refractivity contribution in [1.29, 1.82) is 0 Å². The maximum Gasteiger partial charge on any atom is 0.329 e. The molecule has 2 aliphatic rings. The zero-order valence-corrected chi connectivity index (χ0v) is 14.3. The predicted octanol–water partition coefficient (Wildman–Crippen LogP) is 0.821. The number of aryl methyl sites for hydroxylation is 1. The highest BCUT2D eigenvalue weighted by atomic mass is 19.1. The Morgan fingerprint density at radius 2 is 2.00 bits per heavy atom. The van der Waals surface area contributed by atoms with Gasteiger partial charge in [-0.15, -0.1) is 0 Å². The first kappa shape index (κ1) is 17.0. The number of rotatable bonds is 3. The number of hydrogen-bond acceptors (Lipinski definition) is 5. The molecule has 9 heteroatoms. The Morgan fingerprint density at radius 1 is 1.31 bits per heavy atom. The summed E-state index contributed by atoms with van der Waals surface area (Å²) in [5.41, 5.74) is 5.06. The number of aliphatic hydroxyl groups excluding tert-OH is 1. The molecule has 2 heterocycles. The minimum Gasteiger partial charge on any atom is -0.396 e. The van der Waals surface area contributed by atoms with Crippen LogP contribution in [0.2, 0.25) is 0 Å². The number of benzene rings is 1. The van der Waals surface area contributed by atoms with E-state index in [9.17, 15) is 19.1 Å². The fourth-order valence-electron chi connectivity index (χ4n) is 3.92. The lowest BCUT2D eigenvalue weighted by Gasteiger charge is -2.24. The molecule has 1 saturated heterocycles. The number of nitrogens with two attached hydrogens (primary N) is 1. The van der Waals surface area contributed by atoms with Crippen molar-refractivity contribution < 1.29 is 13.9 Å². The molecule has 1 saturated carbocycles. The first-order valence-corrected chi connectivity index (χ1v) is 8.61. The molecule has 0 radical (unpaired) electrons. The largest absolute Gasteiger partial charge is 0.396 e. The standard InChI is InChI=1S/C17H20F2N4O3/c1-7-14-11(16(25)21-17(26)23(14)9-2-3-9)13(20)12(19)15(7)22-4-8(6-24)10(18)5-22/h8-10,24H,2-6,20H2,1H3,(H,21,25,26). The number of aromatic nitrogens is 2. The Balaban J connectivity index is 2.03. The highest BCUT2D eigenvalue weighted by molar-refractivity contribution is 5.97. The van der Waals surface area contributed by atoms with E-state index in [2.05, 4.69) is 4.98 Å². The predicted molar refractivity (Wildman–Crippen MR) is 93.9 cm³/mol. The lowest BCUT2D eigenvalue weighted by atomic mass is 10.0. The van der Waals surface area contributed by atoms with Crippen LogP contribution in [0.3, 0.4) is 0 Å². The van der Waals surface area contributed by atoms with Gasteiger partial charge in [0, 0.05) is 30.6 Å². The van der Waals surface area contributed by atoms with Gasteiger partial charge in [-0.1, -0.05) is 0 Å². The summed E-state index contributed by atoms with van der Waals surface area (Å²) >= 11 is 0. The van der Waals surface area contributed by atoms with Gasteiger partial charge < -0.3 is 15.7 Å². The van der Waals surface area contributed by atoms with E-state index in [-0.39, 0.29) is 42.5 Å². The molecule has 2 unspecified atom stereocenters. The molecule has 26 heavy (non-hydrogen) atoms. The van der Waals surface area contributed by atoms with Gasteiger partial charge in [-0.25, -0.2) is 13.6 Å². The molecule has 4 N–H and O–H groups in total. The van der Waals surface area contributed by atoms with Crippen molar-refractivity contribution in [2.24, 2.45) is 5.92 Å². The molecule has 7 nitrogen and oxygen atoms in total. The molecule has 0 bridgehead atoms. The molecule has 2 aromatic rings. The highest BCUT2D eigenvalue weighted by Gasteiger charge is 2.36. The van der Waals surface area contributed by atoms with E-state index >= 15 is 4.39 Å². The van der Waals surface area contributed by atoms with E-state index < -0.39 is 29.2 Å². The van der Waals surface area contributed by atoms with Crippen LogP contribution in [-0.4, -0.2) is 40.5 Å². The second kappa shape index (κ2) is 5.80. The van der Waals surface area contributed by atoms with Crippen molar-refractivity contribution in [3.05, 3.63) is 32.2 Å². The number of hydrogen-bond donors (Lipinski definition) is 3. The Labute approximate surface area is 147 Å². The van der Waals surface area contributed by atoms with Gasteiger partial charge in [0.25, 0.3) is 5.56 Å². The normalized spacial score (nSPS) is 23.2. The van der Waals surface area contributed by atoms with Gasteiger partial charge in [-0.05, 0) is 19.8 Å². The van der Waals surface area contributed by atoms with Gasteiger partial charge in [0.15, 0.2) is 5.82 Å². The molecule has 4 rings (SSSR count). The average Bonchev–Trinajstić information content (AvgIpc) is 3.35. The lowest BCUT2D eigenvalue weighted by molar-refractivity contribution is 0.175. The number of aliphatic hydroxyl groups is 1. The number of fused-ring (bicyclic) bond motifs is 1. The zero-order chi connectivity index (χ0) is 18.7. The number of nitrogen functional groups attached to an aromatic ring is 1. The third-order valence-electron chi connectivity index (χ3n) is 5.39. The molecule has 1 aliphatic heterocycles. The maximum atomic E-state index is 15.0. The third-order valence-corrected chi connectivity index (χ3v) is 5.39. The van der Waals surface area contributed by atoms with Crippen LogP contribution >= 0.6 is 0 Å². The van der Waals surface area contributed by atoms with E-state index in [1.807, 2.05) is 0 Å². The number of H-pyrrole nitrogens is 1. The van der Waals surface area contributed by atoms with Crippen LogP contribution in [0.1, 0.15) is 24.4 Å². The van der Waals surface area contributed by atoms with E-state index in [0.717, 1.165) is 12.8 Å². The van der Waals surface area contributed by atoms with Gasteiger partial charge in [0.1, 0.15) is 6.17 Å². The minimum absolute atomic E-state index is 0.0510. The van der Waals surface area contributed by atoms with Crippen LogP contribution in [0.4, 0.5) is 20.2 Å². The second-order valence-corrected chi connectivity index (χ2v) is 7.15. The van der Waals surface area contributed by atoms with Gasteiger partial charge in [-0.3, -0.25) is 14.3 Å². The van der Waals surface area contributed by atoms with Gasteiger partial charge in [-0.2, -0.15) is 0 Å². The van der Waals surface area contributed by atoms with Crippen LogP contribution in [0.5, 0.6) is 0 Å². The zero-order valence-electron chi connectivity index (χ0n) is 14.3. The van der Waals surface area contributed by atoms with Crippen molar-refractivity contribution >= 4 is 22.3 Å². The molecule has 1 aliphatic carbocycles. The molecule has 0 spiro atoms. The first-order valence-electron chi connectivity index (χ1n) is 8.61. The van der Waals surface area contributed by atoms with Crippen LogP contribution in [-0.2, 0) is 0 Å². The van der Waals surface area contributed by atoms with Gasteiger partial charge in [0.05, 0.1) is 28.9 Å². The van der Waals surface area contributed by atoms with Crippen LogP contribution in [0.15, 0.2) is 9.59 Å². The van der Waals surface area contributed by atoms with Gasteiger partial charge in [0.2, 0.25) is 0 Å². The first-order chi connectivity index (χ1) is 12.3. The number of nitrogens with one attached hydrogen (secondary N) is 1. The third kappa shape index (κ3) is 2.33. The topological polar surface area (TPSA) is 104 Å². The number of alkyl halides is 1. The molecule has 2 fully saturated rings. The summed E-state index contributed by atoms with van der Waals surface area (Å²) < 4.78 is 30.6. The Bertz CT molecular complexity index is 1010. The van der Waals surface area contributed by atoms with Crippen molar-refractivity contribution in [2.45, 2.75) is 32.0 Å². The number of nitrogens with zero attached hydrogens (tertiary/aromatic N) is 2. The minimum atomic E-state index is -1.29. The van der Waals surface area contributed by atoms with Crippen molar-refractivity contribution in [3.8, 4) is 0 Å². The smallest absolute Gasteiger partial charge is 0.329 e. The molecular weight excluding hydrogens is 346 g/mol. The molecule has 1 aromatic carbocycles. The summed E-state index contributed by atoms with van der Waals surface area (Å²) in [7, 11) is 0. The number of anilines is 2. The van der Waals surface area contributed by atoms with Crippen LogP contribution < -0.4 is 21.9 Å². The van der Waals surface area contributed by atoms with E-state index in [1.165, 1.54) is 9.47 Å². The molecule has 0 amide bonds. The van der Waals surface area contributed by atoms with Crippen LogP contribution in [0, 0.1) is 18.7 Å². The summed E-state index contributed by atoms with van der Waals surface area (Å²) in [6.45, 7) is 1.33. The highest BCUT2D eigenvalue weighted by Crippen LogP contribution is 2.41. The van der Waals surface area contributed by atoms with Gasteiger partial charge >= 0.3 is 5.69 Å². The number of aromatic amines is 1. The second-order valence-electron chi connectivity index (χ2n) is 7.15. The molecular formula is C17H20F2N4O3. The van der Waals surface area contributed by atoms with E-state index in [1.54, 1.807) is 6.92 Å². The summed E-state index contributed by atoms with van der Waals surface area (Å²) in [5, 5.41) is 9.24. The average molecular weight is 366 g/mol. The number of halogens is 2. The Hall–Kier alpha value is -2.42. The molecule has 140 valence electrons. The Kier molecular flexibility index (Phi) is 3.80. The van der Waals surface area contributed by atoms with Crippen LogP contribution in [0.25, 0.3) is 10.9 Å². The summed E-state index contributed by atoms with van der Waals surface area (Å²) in [6.07, 6.45) is 0.284. The fourth-order valence-corrected chi connectivity index (χ4v) is 3.92. The van der Waals surface area contributed by atoms with E-state index in [4.69, 9.17) is 5.73 Å². The summed E-state index contributed by atoms with van der Waals surface area (Å²) in [5.74, 6) is -1.41. The maximum absolute atomic E-state index is 15.0. The molecule has 2 atom stereocenters. The van der Waals surface area contributed by atoms with Crippen molar-refractivity contribution in [2.75, 3.05) is 30.3 Å². The SMILES string of the molecule is Cc1c(N2CC(F)C(CO)C2)c(F)c(N)c2c(=O)[nH]c(=O)n(C3CC3)c12. The Morgan fingerprint density at radius 3 is 2.58 bits per heavy atom. The lowest BCUT2D eigenvalue weighted by Crippen LogP contribution is -2.32. The summed E-state index contributed by atoms with van der Waals surface area (Å²) in [4.78, 5) is 28.3. The molecule has 1 aromatic heterocycles. The van der Waals surface area contributed by atoms with E-state index in [0.29, 0.717) is 11.1 Å².